The van der Waals surface area contributed by atoms with Crippen molar-refractivity contribution in [1.82, 2.24) is 10.2 Å². The molecule has 1 aliphatic heterocycles. The molecule has 2 aromatic rings. The van der Waals surface area contributed by atoms with Crippen LogP contribution in [0.25, 0.3) is 0 Å². The molecule has 1 fully saturated rings. The normalized spacial score (nSPS) is 15.6. The third kappa shape index (κ3) is 5.88. The Labute approximate surface area is 188 Å². The fraction of sp³-hybridized carbons (Fsp3) is 0.391. The van der Waals surface area contributed by atoms with Crippen LogP contribution in [0.1, 0.15) is 48.5 Å². The highest BCUT2D eigenvalue weighted by Crippen LogP contribution is 2.29. The van der Waals surface area contributed by atoms with Gasteiger partial charge in [0.15, 0.2) is 0 Å². The van der Waals surface area contributed by atoms with Crippen LogP contribution in [0.5, 0.6) is 0 Å². The molecule has 3 rings (SSSR count). The van der Waals surface area contributed by atoms with E-state index in [-0.39, 0.29) is 22.9 Å². The Morgan fingerprint density at radius 2 is 1.74 bits per heavy atom. The van der Waals surface area contributed by atoms with Crippen LogP contribution in [-0.2, 0) is 4.79 Å². The highest BCUT2D eigenvalue weighted by molar-refractivity contribution is 6.58. The summed E-state index contributed by atoms with van der Waals surface area (Å²) in [5.74, 6) is -0.194. The van der Waals surface area contributed by atoms with Crippen LogP contribution >= 0.6 is 11.6 Å². The zero-order valence-corrected chi connectivity index (χ0v) is 18.5. The minimum atomic E-state index is -1.66. The molecule has 164 valence electrons. The van der Waals surface area contributed by atoms with E-state index in [2.05, 4.69) is 5.32 Å². The molecule has 0 radical (unpaired) electrons. The number of hydrogen-bond acceptors (Lipinski definition) is 4. The number of carbonyl (C=O) groups is 2. The Balaban J connectivity index is 1.63. The van der Waals surface area contributed by atoms with Crippen molar-refractivity contribution < 1.29 is 19.6 Å². The molecule has 31 heavy (non-hydrogen) atoms. The van der Waals surface area contributed by atoms with Crippen molar-refractivity contribution in [3.63, 3.8) is 0 Å². The first-order valence-corrected chi connectivity index (χ1v) is 10.9. The topological polar surface area (TPSA) is 89.9 Å². The van der Waals surface area contributed by atoms with Crippen LogP contribution in [0.3, 0.4) is 0 Å². The highest BCUT2D eigenvalue weighted by Gasteiger charge is 2.32. The minimum absolute atomic E-state index is 0.0861. The number of carbonyl (C=O) groups excluding carboxylic acids is 2. The van der Waals surface area contributed by atoms with Gasteiger partial charge in [0.1, 0.15) is 6.04 Å². The Kier molecular flexibility index (Phi) is 7.76. The average Bonchev–Trinajstić information content (AvgIpc) is 2.77. The maximum Gasteiger partial charge on any atom is 0.488 e. The van der Waals surface area contributed by atoms with E-state index in [1.54, 1.807) is 12.1 Å². The number of rotatable bonds is 6. The number of halogens is 1. The van der Waals surface area contributed by atoms with Gasteiger partial charge in [-0.15, -0.1) is 0 Å². The number of nitrogens with zero attached hydrogens (tertiary/aromatic N) is 1. The van der Waals surface area contributed by atoms with Gasteiger partial charge >= 0.3 is 7.12 Å². The molecule has 0 bridgehead atoms. The van der Waals surface area contributed by atoms with E-state index >= 15 is 0 Å². The van der Waals surface area contributed by atoms with Crippen LogP contribution in [0, 0.1) is 5.92 Å². The van der Waals surface area contributed by atoms with Gasteiger partial charge in [-0.2, -0.15) is 0 Å². The first kappa shape index (κ1) is 23.3. The van der Waals surface area contributed by atoms with E-state index < -0.39 is 19.1 Å². The Bertz CT molecular complexity index is 912. The van der Waals surface area contributed by atoms with Gasteiger partial charge in [0.05, 0.1) is 0 Å². The molecule has 1 heterocycles. The molecule has 0 spiro atoms. The van der Waals surface area contributed by atoms with E-state index in [9.17, 15) is 19.6 Å². The first-order valence-electron chi connectivity index (χ1n) is 10.6. The number of piperidine rings is 1. The van der Waals surface area contributed by atoms with Gasteiger partial charge in [-0.3, -0.25) is 9.59 Å². The molecular formula is C23H28BClN2O4. The zero-order valence-electron chi connectivity index (χ0n) is 17.8. The van der Waals surface area contributed by atoms with Gasteiger partial charge in [0.25, 0.3) is 5.91 Å². The number of amides is 2. The van der Waals surface area contributed by atoms with E-state index in [4.69, 9.17) is 11.6 Å². The highest BCUT2D eigenvalue weighted by atomic mass is 35.5. The molecule has 0 aliphatic carbocycles. The second-order valence-electron chi connectivity index (χ2n) is 8.35. The predicted molar refractivity (Wildman–Crippen MR) is 122 cm³/mol. The summed E-state index contributed by atoms with van der Waals surface area (Å²) in [6, 6.07) is 13.3. The monoisotopic (exact) mass is 442 g/mol. The summed E-state index contributed by atoms with van der Waals surface area (Å²) in [6.45, 7) is 5.07. The predicted octanol–water partition coefficient (Wildman–Crippen LogP) is 2.18. The Hall–Kier alpha value is -2.35. The van der Waals surface area contributed by atoms with Gasteiger partial charge < -0.3 is 20.3 Å². The lowest BCUT2D eigenvalue weighted by Crippen LogP contribution is -2.53. The number of hydrogen-bond donors (Lipinski definition) is 3. The summed E-state index contributed by atoms with van der Waals surface area (Å²) < 4.78 is 0. The molecule has 1 atom stereocenters. The van der Waals surface area contributed by atoms with Crippen molar-refractivity contribution in [3.05, 3.63) is 64.7 Å². The van der Waals surface area contributed by atoms with Gasteiger partial charge in [-0.05, 0) is 60.0 Å². The molecule has 8 heteroatoms. The van der Waals surface area contributed by atoms with Gasteiger partial charge in [-0.1, -0.05) is 49.7 Å². The molecule has 3 N–H and O–H groups in total. The minimum Gasteiger partial charge on any atom is -0.423 e. The first-order chi connectivity index (χ1) is 14.8. The SMILES string of the molecule is CC(C)[C@@H](NC(=O)c1cccc(B(O)O)c1)C(=O)N1CCC(c2ccc(Cl)cc2)CC1. The fourth-order valence-corrected chi connectivity index (χ4v) is 4.07. The second-order valence-corrected chi connectivity index (χ2v) is 8.78. The van der Waals surface area contributed by atoms with E-state index in [1.165, 1.54) is 17.7 Å². The van der Waals surface area contributed by atoms with Crippen LogP contribution < -0.4 is 10.8 Å². The molecule has 1 saturated heterocycles. The molecule has 6 nitrogen and oxygen atoms in total. The molecule has 2 amide bonds. The molecule has 0 aromatic heterocycles. The van der Waals surface area contributed by atoms with Crippen LogP contribution in [-0.4, -0.2) is 53.0 Å². The summed E-state index contributed by atoms with van der Waals surface area (Å²) >= 11 is 5.98. The summed E-state index contributed by atoms with van der Waals surface area (Å²) in [6.07, 6.45) is 1.73. The van der Waals surface area contributed by atoms with Crippen LogP contribution in [0.15, 0.2) is 48.5 Å². The van der Waals surface area contributed by atoms with Crippen molar-refractivity contribution in [1.29, 1.82) is 0 Å². The molecule has 2 aromatic carbocycles. The van der Waals surface area contributed by atoms with Gasteiger partial charge in [-0.25, -0.2) is 0 Å². The lowest BCUT2D eigenvalue weighted by Gasteiger charge is -2.35. The van der Waals surface area contributed by atoms with Gasteiger partial charge in [0, 0.05) is 23.7 Å². The lowest BCUT2D eigenvalue weighted by molar-refractivity contribution is -0.135. The van der Waals surface area contributed by atoms with E-state index in [1.807, 2.05) is 43.0 Å². The standard InChI is InChI=1S/C23H28BClN2O4/c1-15(2)21(26-22(28)18-4-3-5-19(14-18)24(30)31)23(29)27-12-10-17(11-13-27)16-6-8-20(25)9-7-16/h3-9,14-15,17,21,30-31H,10-13H2,1-2H3,(H,26,28)/t21-/m1/s1. The zero-order chi connectivity index (χ0) is 22.5. The third-order valence-corrected chi connectivity index (χ3v) is 6.07. The van der Waals surface area contributed by atoms with E-state index in [0.29, 0.717) is 24.0 Å². The third-order valence-electron chi connectivity index (χ3n) is 5.81. The van der Waals surface area contributed by atoms with Crippen LogP contribution in [0.4, 0.5) is 0 Å². The van der Waals surface area contributed by atoms with Crippen molar-refractivity contribution in [2.45, 2.75) is 38.6 Å². The number of benzene rings is 2. The van der Waals surface area contributed by atoms with Crippen molar-refractivity contribution in [2.75, 3.05) is 13.1 Å². The molecule has 0 saturated carbocycles. The largest absolute Gasteiger partial charge is 0.488 e. The van der Waals surface area contributed by atoms with Crippen molar-refractivity contribution in [3.8, 4) is 0 Å². The molecule has 0 unspecified atom stereocenters. The summed E-state index contributed by atoms with van der Waals surface area (Å²) in [5.41, 5.74) is 1.74. The van der Waals surface area contributed by atoms with Crippen molar-refractivity contribution >= 4 is 36.0 Å². The number of likely N-dealkylation sites (tertiary alicyclic amines) is 1. The quantitative estimate of drug-likeness (QED) is 0.598. The Morgan fingerprint density at radius 1 is 1.10 bits per heavy atom. The number of nitrogens with one attached hydrogen (secondary N) is 1. The smallest absolute Gasteiger partial charge is 0.423 e. The van der Waals surface area contributed by atoms with Crippen LogP contribution in [0.2, 0.25) is 5.02 Å². The summed E-state index contributed by atoms with van der Waals surface area (Å²) in [7, 11) is -1.66. The van der Waals surface area contributed by atoms with Crippen molar-refractivity contribution in [2.24, 2.45) is 5.92 Å². The second kappa shape index (κ2) is 10.3. The Morgan fingerprint density at radius 3 is 2.32 bits per heavy atom. The maximum atomic E-state index is 13.2. The lowest BCUT2D eigenvalue weighted by atomic mass is 9.79. The summed E-state index contributed by atoms with van der Waals surface area (Å²) in [5, 5.41) is 22.2. The molecule has 1 aliphatic rings. The molecular weight excluding hydrogens is 415 g/mol. The average molecular weight is 443 g/mol. The fourth-order valence-electron chi connectivity index (χ4n) is 3.94. The summed E-state index contributed by atoms with van der Waals surface area (Å²) in [4.78, 5) is 27.7. The maximum absolute atomic E-state index is 13.2. The van der Waals surface area contributed by atoms with Gasteiger partial charge in [0.2, 0.25) is 5.91 Å². The van der Waals surface area contributed by atoms with E-state index in [0.717, 1.165) is 12.8 Å².